The lowest BCUT2D eigenvalue weighted by Crippen LogP contribution is -2.00. The van der Waals surface area contributed by atoms with Crippen LogP contribution in [0.2, 0.25) is 5.02 Å². The van der Waals surface area contributed by atoms with Crippen molar-refractivity contribution in [3.8, 4) is 5.75 Å². The zero-order valence-corrected chi connectivity index (χ0v) is 13.9. The van der Waals surface area contributed by atoms with Gasteiger partial charge in [-0.2, -0.15) is 0 Å². The van der Waals surface area contributed by atoms with Crippen molar-refractivity contribution in [3.63, 3.8) is 0 Å². The average Bonchev–Trinajstić information content (AvgIpc) is 3.11. The highest BCUT2D eigenvalue weighted by Crippen LogP contribution is 2.63. The highest BCUT2D eigenvalue weighted by atomic mass is 79.9. The standard InChI is InChI=1S/C15H17BrCl2O/c1-19-15-11(6-8(17)7-12(15)16)14(18)13-9-4-2-3-5-10(9)13/h6-7,9-10,13-14H,2-5H2,1H3. The normalized spacial score (nSPS) is 30.6. The number of rotatable bonds is 3. The molecule has 1 aromatic rings. The van der Waals surface area contributed by atoms with Crippen LogP contribution in [0.25, 0.3) is 0 Å². The molecule has 4 heteroatoms. The van der Waals surface area contributed by atoms with Gasteiger partial charge in [-0.15, -0.1) is 11.6 Å². The molecule has 0 aliphatic heterocycles. The Bertz CT molecular complexity index is 479. The van der Waals surface area contributed by atoms with E-state index in [1.54, 1.807) is 7.11 Å². The molecule has 0 spiro atoms. The minimum atomic E-state index is 0.0121. The van der Waals surface area contributed by atoms with Gasteiger partial charge in [0, 0.05) is 10.6 Å². The third-order valence-electron chi connectivity index (χ3n) is 4.60. The van der Waals surface area contributed by atoms with E-state index in [9.17, 15) is 0 Å². The summed E-state index contributed by atoms with van der Waals surface area (Å²) in [6.45, 7) is 0. The molecule has 1 nitrogen and oxygen atoms in total. The van der Waals surface area contributed by atoms with Gasteiger partial charge in [0.15, 0.2) is 0 Å². The second-order valence-electron chi connectivity index (χ2n) is 5.60. The predicted octanol–water partition coefficient (Wildman–Crippen LogP) is 5.83. The fraction of sp³-hybridized carbons (Fsp3) is 0.600. The maximum Gasteiger partial charge on any atom is 0.137 e. The molecule has 3 unspecified atom stereocenters. The van der Waals surface area contributed by atoms with Gasteiger partial charge < -0.3 is 4.74 Å². The second kappa shape index (κ2) is 5.46. The van der Waals surface area contributed by atoms with Gasteiger partial charge in [-0.1, -0.05) is 24.4 Å². The Hall–Kier alpha value is 0.0800. The topological polar surface area (TPSA) is 9.23 Å². The van der Waals surface area contributed by atoms with Crippen LogP contribution in [0, 0.1) is 17.8 Å². The van der Waals surface area contributed by atoms with E-state index in [-0.39, 0.29) is 5.38 Å². The Balaban J connectivity index is 1.89. The second-order valence-corrected chi connectivity index (χ2v) is 7.36. The minimum Gasteiger partial charge on any atom is -0.495 e. The summed E-state index contributed by atoms with van der Waals surface area (Å²) in [5.74, 6) is 3.06. The summed E-state index contributed by atoms with van der Waals surface area (Å²) in [5.41, 5.74) is 1.03. The van der Waals surface area contributed by atoms with Crippen molar-refractivity contribution < 1.29 is 4.74 Å². The molecule has 0 radical (unpaired) electrons. The summed E-state index contributed by atoms with van der Waals surface area (Å²) in [5, 5.41) is 0.718. The predicted molar refractivity (Wildman–Crippen MR) is 83.2 cm³/mol. The first-order valence-corrected chi connectivity index (χ1v) is 8.41. The van der Waals surface area contributed by atoms with E-state index in [4.69, 9.17) is 27.9 Å². The molecular weight excluding hydrogens is 347 g/mol. The van der Waals surface area contributed by atoms with E-state index in [1.165, 1.54) is 25.7 Å². The van der Waals surface area contributed by atoms with Crippen LogP contribution in [-0.4, -0.2) is 7.11 Å². The molecule has 0 amide bonds. The summed E-state index contributed by atoms with van der Waals surface area (Å²) in [4.78, 5) is 0. The number of methoxy groups -OCH3 is 1. The third-order valence-corrected chi connectivity index (χ3v) is 5.93. The van der Waals surface area contributed by atoms with Crippen LogP contribution in [-0.2, 0) is 0 Å². The quantitative estimate of drug-likeness (QED) is 0.614. The van der Waals surface area contributed by atoms with Gasteiger partial charge in [0.25, 0.3) is 0 Å². The molecule has 0 N–H and O–H groups in total. The van der Waals surface area contributed by atoms with Crippen molar-refractivity contribution >= 4 is 39.1 Å². The number of alkyl halides is 1. The Morgan fingerprint density at radius 3 is 2.47 bits per heavy atom. The first-order chi connectivity index (χ1) is 9.13. The van der Waals surface area contributed by atoms with Crippen molar-refractivity contribution in [2.45, 2.75) is 31.1 Å². The lowest BCUT2D eigenvalue weighted by Gasteiger charge is -2.16. The van der Waals surface area contributed by atoms with Crippen molar-refractivity contribution in [1.29, 1.82) is 0 Å². The molecule has 1 aromatic carbocycles. The van der Waals surface area contributed by atoms with Crippen molar-refractivity contribution in [3.05, 3.63) is 27.2 Å². The molecule has 2 aliphatic rings. The Kier molecular flexibility index (Phi) is 4.03. The minimum absolute atomic E-state index is 0.0121. The van der Waals surface area contributed by atoms with Crippen LogP contribution >= 0.6 is 39.1 Å². The van der Waals surface area contributed by atoms with Crippen LogP contribution in [0.4, 0.5) is 0 Å². The van der Waals surface area contributed by atoms with Gasteiger partial charge in [0.05, 0.1) is 17.0 Å². The lowest BCUT2D eigenvalue weighted by molar-refractivity contribution is 0.404. The highest BCUT2D eigenvalue weighted by Gasteiger charge is 2.54. The first-order valence-electron chi connectivity index (χ1n) is 6.80. The van der Waals surface area contributed by atoms with Crippen LogP contribution in [0.3, 0.4) is 0 Å². The molecule has 2 saturated carbocycles. The summed E-state index contributed by atoms with van der Waals surface area (Å²) >= 11 is 16.4. The Morgan fingerprint density at radius 1 is 1.26 bits per heavy atom. The maximum absolute atomic E-state index is 6.75. The average molecular weight is 364 g/mol. The molecule has 0 bridgehead atoms. The maximum atomic E-state index is 6.75. The van der Waals surface area contributed by atoms with Gasteiger partial charge in [-0.25, -0.2) is 0 Å². The summed E-state index contributed by atoms with van der Waals surface area (Å²) < 4.78 is 6.37. The molecule has 3 rings (SSSR count). The molecule has 3 atom stereocenters. The summed E-state index contributed by atoms with van der Waals surface area (Å²) in [6.07, 6.45) is 5.39. The molecule has 0 aromatic heterocycles. The molecule has 19 heavy (non-hydrogen) atoms. The van der Waals surface area contributed by atoms with Crippen molar-refractivity contribution in [2.75, 3.05) is 7.11 Å². The number of hydrogen-bond acceptors (Lipinski definition) is 1. The van der Waals surface area contributed by atoms with Gasteiger partial charge >= 0.3 is 0 Å². The monoisotopic (exact) mass is 362 g/mol. The van der Waals surface area contributed by atoms with E-state index in [0.717, 1.165) is 27.6 Å². The number of halogens is 3. The number of ether oxygens (including phenoxy) is 1. The lowest BCUT2D eigenvalue weighted by atomic mass is 10.0. The molecule has 2 aliphatic carbocycles. The molecule has 0 heterocycles. The zero-order valence-electron chi connectivity index (χ0n) is 10.8. The molecule has 2 fully saturated rings. The van der Waals surface area contributed by atoms with E-state index in [2.05, 4.69) is 15.9 Å². The largest absolute Gasteiger partial charge is 0.495 e. The highest BCUT2D eigenvalue weighted by molar-refractivity contribution is 9.10. The summed E-state index contributed by atoms with van der Waals surface area (Å²) in [6, 6.07) is 3.81. The van der Waals surface area contributed by atoms with Gasteiger partial charge in [0.1, 0.15) is 5.75 Å². The fourth-order valence-electron chi connectivity index (χ4n) is 3.69. The van der Waals surface area contributed by atoms with Crippen LogP contribution in [0.5, 0.6) is 5.75 Å². The number of hydrogen-bond donors (Lipinski definition) is 0. The Labute approximate surface area is 132 Å². The van der Waals surface area contributed by atoms with E-state index < -0.39 is 0 Å². The van der Waals surface area contributed by atoms with Crippen LogP contribution < -0.4 is 4.74 Å². The summed E-state index contributed by atoms with van der Waals surface area (Å²) in [7, 11) is 1.68. The van der Waals surface area contributed by atoms with Crippen LogP contribution in [0.15, 0.2) is 16.6 Å². The van der Waals surface area contributed by atoms with E-state index >= 15 is 0 Å². The number of benzene rings is 1. The van der Waals surface area contributed by atoms with Gasteiger partial charge in [-0.3, -0.25) is 0 Å². The van der Waals surface area contributed by atoms with Gasteiger partial charge in [-0.05, 0) is 58.7 Å². The van der Waals surface area contributed by atoms with Crippen molar-refractivity contribution in [1.82, 2.24) is 0 Å². The SMILES string of the molecule is COc1c(Br)cc(Cl)cc1C(Cl)C1C2CCCCC21. The smallest absolute Gasteiger partial charge is 0.137 e. The fourth-order valence-corrected chi connectivity index (χ4v) is 5.22. The molecule has 0 saturated heterocycles. The van der Waals surface area contributed by atoms with E-state index in [0.29, 0.717) is 10.9 Å². The zero-order chi connectivity index (χ0) is 13.6. The third kappa shape index (κ3) is 2.52. The van der Waals surface area contributed by atoms with E-state index in [1.807, 2.05) is 12.1 Å². The first kappa shape index (κ1) is 14.0. The Morgan fingerprint density at radius 2 is 1.89 bits per heavy atom. The molecule has 104 valence electrons. The van der Waals surface area contributed by atoms with Gasteiger partial charge in [0.2, 0.25) is 0 Å². The van der Waals surface area contributed by atoms with Crippen LogP contribution in [0.1, 0.15) is 36.6 Å². The number of fused-ring (bicyclic) bond motifs is 1. The van der Waals surface area contributed by atoms with Crippen molar-refractivity contribution in [2.24, 2.45) is 17.8 Å². The molecular formula is C15H17BrCl2O.